The third-order valence-corrected chi connectivity index (χ3v) is 6.17. The zero-order chi connectivity index (χ0) is 21.5. The number of unbranched alkanes of at least 4 members (excludes halogenated alkanes) is 2. The Morgan fingerprint density at radius 1 is 0.786 bits per heavy atom. The van der Waals surface area contributed by atoms with E-state index in [-0.39, 0.29) is 28.4 Å². The average Bonchev–Trinajstić information content (AvgIpc) is 2.60. The first-order chi connectivity index (χ1) is 13.2. The normalized spacial score (nSPS) is 14.8. The van der Waals surface area contributed by atoms with Crippen LogP contribution in [0, 0.1) is 17.8 Å². The molecule has 5 heteroatoms. The monoisotopic (exact) mass is 416 g/mol. The molecule has 0 bridgehead atoms. The summed E-state index contributed by atoms with van der Waals surface area (Å²) in [6.07, 6.45) is 6.92. The number of rotatable bonds is 16. The minimum Gasteiger partial charge on any atom is -0.466 e. The lowest BCUT2D eigenvalue weighted by atomic mass is 9.91. The van der Waals surface area contributed by atoms with Gasteiger partial charge in [0.05, 0.1) is 19.1 Å². The van der Waals surface area contributed by atoms with Gasteiger partial charge in [-0.1, -0.05) is 53.9 Å². The number of carbonyl (C=O) groups excluding carboxylic acids is 2. The maximum atomic E-state index is 12.5. The number of hydrogen-bond acceptors (Lipinski definition) is 5. The van der Waals surface area contributed by atoms with E-state index in [4.69, 9.17) is 9.47 Å². The molecule has 0 saturated heterocycles. The van der Waals surface area contributed by atoms with Crippen molar-refractivity contribution in [3.8, 4) is 0 Å². The Balaban J connectivity index is 5.30. The molecule has 0 radical (unpaired) electrons. The second-order valence-electron chi connectivity index (χ2n) is 8.44. The van der Waals surface area contributed by atoms with Crippen molar-refractivity contribution in [1.29, 1.82) is 0 Å². The van der Waals surface area contributed by atoms with Crippen LogP contribution in [0.4, 0.5) is 0 Å². The minimum absolute atomic E-state index is 0.0890. The highest BCUT2D eigenvalue weighted by molar-refractivity contribution is 8.01. The number of esters is 2. The summed E-state index contributed by atoms with van der Waals surface area (Å²) in [5.74, 6) is 0.565. The van der Waals surface area contributed by atoms with Gasteiger partial charge >= 0.3 is 11.9 Å². The Morgan fingerprint density at radius 2 is 1.36 bits per heavy atom. The van der Waals surface area contributed by atoms with Crippen LogP contribution in [0.15, 0.2) is 0 Å². The first kappa shape index (κ1) is 27.3. The summed E-state index contributed by atoms with van der Waals surface area (Å²) in [5, 5.41) is 0.112. The van der Waals surface area contributed by atoms with Crippen LogP contribution in [0.25, 0.3) is 0 Å². The van der Waals surface area contributed by atoms with Crippen LogP contribution in [-0.2, 0) is 19.1 Å². The highest BCUT2D eigenvalue weighted by atomic mass is 32.2. The van der Waals surface area contributed by atoms with Gasteiger partial charge in [0.25, 0.3) is 0 Å². The van der Waals surface area contributed by atoms with Crippen LogP contribution in [-0.4, -0.2) is 35.7 Å². The van der Waals surface area contributed by atoms with Gasteiger partial charge in [-0.05, 0) is 51.4 Å². The van der Waals surface area contributed by atoms with Gasteiger partial charge in [0.15, 0.2) is 0 Å². The molecular weight excluding hydrogens is 372 g/mol. The lowest BCUT2D eigenvalue weighted by Gasteiger charge is -2.27. The second kappa shape index (κ2) is 16.1. The summed E-state index contributed by atoms with van der Waals surface area (Å²) in [6.45, 7) is 15.3. The van der Waals surface area contributed by atoms with Crippen molar-refractivity contribution in [2.45, 2.75) is 104 Å². The molecule has 0 amide bonds. The SMILES string of the molecule is CCCCCC(CC(CC(C)C)C(=O)OCC)SC(CC(C)C)C(=O)OCC. The predicted molar refractivity (Wildman–Crippen MR) is 120 cm³/mol. The van der Waals surface area contributed by atoms with Crippen LogP contribution < -0.4 is 0 Å². The number of carbonyl (C=O) groups is 2. The molecule has 0 spiro atoms. The average molecular weight is 417 g/mol. The summed E-state index contributed by atoms with van der Waals surface area (Å²) < 4.78 is 10.7. The lowest BCUT2D eigenvalue weighted by Crippen LogP contribution is -2.28. The molecule has 166 valence electrons. The Hall–Kier alpha value is -0.710. The molecule has 0 rings (SSSR count). The first-order valence-electron chi connectivity index (χ1n) is 11.2. The van der Waals surface area contributed by atoms with Crippen LogP contribution in [0.2, 0.25) is 0 Å². The predicted octanol–water partition coefficient (Wildman–Crippen LogP) is 6.26. The summed E-state index contributed by atoms with van der Waals surface area (Å²) >= 11 is 1.73. The van der Waals surface area contributed by atoms with Crippen LogP contribution in [0.1, 0.15) is 93.4 Å². The Bertz CT molecular complexity index is 389. The number of thioether (sulfide) groups is 1. The van der Waals surface area contributed by atoms with Gasteiger partial charge in [-0.15, -0.1) is 11.8 Å². The van der Waals surface area contributed by atoms with Crippen molar-refractivity contribution in [3.63, 3.8) is 0 Å². The molecule has 0 heterocycles. The van der Waals surface area contributed by atoms with E-state index in [9.17, 15) is 9.59 Å². The lowest BCUT2D eigenvalue weighted by molar-refractivity contribution is -0.148. The smallest absolute Gasteiger partial charge is 0.319 e. The first-order valence-corrected chi connectivity index (χ1v) is 12.2. The fourth-order valence-corrected chi connectivity index (χ4v) is 5.19. The molecule has 28 heavy (non-hydrogen) atoms. The quantitative estimate of drug-likeness (QED) is 0.219. The van der Waals surface area contributed by atoms with Crippen molar-refractivity contribution in [1.82, 2.24) is 0 Å². The molecule has 0 aromatic carbocycles. The van der Waals surface area contributed by atoms with Gasteiger partial charge in [-0.2, -0.15) is 0 Å². The molecule has 3 unspecified atom stereocenters. The zero-order valence-corrected chi connectivity index (χ0v) is 20.1. The van der Waals surface area contributed by atoms with Crippen LogP contribution in [0.5, 0.6) is 0 Å². The molecule has 0 aromatic rings. The maximum Gasteiger partial charge on any atom is 0.319 e. The van der Waals surface area contributed by atoms with Crippen molar-refractivity contribution in [2.24, 2.45) is 17.8 Å². The van der Waals surface area contributed by atoms with E-state index in [1.54, 1.807) is 11.8 Å². The molecule has 0 fully saturated rings. The van der Waals surface area contributed by atoms with Crippen molar-refractivity contribution >= 4 is 23.7 Å². The molecule has 0 aliphatic carbocycles. The molecule has 0 N–H and O–H groups in total. The van der Waals surface area contributed by atoms with E-state index in [1.807, 2.05) is 13.8 Å². The van der Waals surface area contributed by atoms with Crippen molar-refractivity contribution in [3.05, 3.63) is 0 Å². The Morgan fingerprint density at radius 3 is 1.86 bits per heavy atom. The highest BCUT2D eigenvalue weighted by Crippen LogP contribution is 2.34. The van der Waals surface area contributed by atoms with Gasteiger partial charge < -0.3 is 9.47 Å². The van der Waals surface area contributed by atoms with Crippen LogP contribution in [0.3, 0.4) is 0 Å². The summed E-state index contributed by atoms with van der Waals surface area (Å²) in [5.41, 5.74) is 0. The fourth-order valence-electron chi connectivity index (χ4n) is 3.40. The van der Waals surface area contributed by atoms with E-state index in [2.05, 4.69) is 34.6 Å². The number of ether oxygens (including phenoxy) is 2. The molecule has 0 aliphatic rings. The van der Waals surface area contributed by atoms with E-state index in [1.165, 1.54) is 6.42 Å². The number of hydrogen-bond donors (Lipinski definition) is 0. The van der Waals surface area contributed by atoms with Gasteiger partial charge in [-0.3, -0.25) is 9.59 Å². The summed E-state index contributed by atoms with van der Waals surface area (Å²) in [4.78, 5) is 25.0. The molecule has 0 aromatic heterocycles. The molecular formula is C23H44O4S. The Labute approximate surface area is 177 Å². The molecule has 0 saturated carbocycles. The molecule has 3 atom stereocenters. The second-order valence-corrected chi connectivity index (χ2v) is 9.95. The summed E-state index contributed by atoms with van der Waals surface area (Å²) in [6, 6.07) is 0. The molecule has 0 aliphatic heterocycles. The van der Waals surface area contributed by atoms with Crippen molar-refractivity contribution < 1.29 is 19.1 Å². The largest absolute Gasteiger partial charge is 0.466 e. The van der Waals surface area contributed by atoms with Crippen LogP contribution >= 0.6 is 11.8 Å². The van der Waals surface area contributed by atoms with Gasteiger partial charge in [0.2, 0.25) is 0 Å². The minimum atomic E-state index is -0.159. The maximum absolute atomic E-state index is 12.5. The van der Waals surface area contributed by atoms with E-state index < -0.39 is 0 Å². The van der Waals surface area contributed by atoms with Crippen molar-refractivity contribution in [2.75, 3.05) is 13.2 Å². The van der Waals surface area contributed by atoms with Gasteiger partial charge in [0, 0.05) is 5.25 Å². The van der Waals surface area contributed by atoms with E-state index >= 15 is 0 Å². The summed E-state index contributed by atoms with van der Waals surface area (Å²) in [7, 11) is 0. The Kier molecular flexibility index (Phi) is 15.7. The van der Waals surface area contributed by atoms with E-state index in [0.29, 0.717) is 25.0 Å². The highest BCUT2D eigenvalue weighted by Gasteiger charge is 2.30. The third kappa shape index (κ3) is 12.7. The third-order valence-electron chi connectivity index (χ3n) is 4.64. The van der Waals surface area contributed by atoms with Gasteiger partial charge in [0.1, 0.15) is 5.25 Å². The van der Waals surface area contributed by atoms with Gasteiger partial charge in [-0.25, -0.2) is 0 Å². The standard InChI is InChI=1S/C23H44O4S/c1-8-11-12-13-20(16-19(14-17(4)5)22(24)26-9-2)28-21(15-18(6)7)23(25)27-10-3/h17-21H,8-16H2,1-7H3. The molecule has 4 nitrogen and oxygen atoms in total. The zero-order valence-electron chi connectivity index (χ0n) is 19.3. The fraction of sp³-hybridized carbons (Fsp3) is 0.913. The topological polar surface area (TPSA) is 52.6 Å². The van der Waals surface area contributed by atoms with E-state index in [0.717, 1.165) is 38.5 Å².